The average molecular weight is 343 g/mol. The van der Waals surface area contributed by atoms with Crippen LogP contribution in [0.5, 0.6) is 0 Å². The van der Waals surface area contributed by atoms with Gasteiger partial charge in [0.25, 0.3) is 0 Å². The first-order chi connectivity index (χ1) is 11.0. The third-order valence-electron chi connectivity index (χ3n) is 4.14. The van der Waals surface area contributed by atoms with Gasteiger partial charge in [-0.25, -0.2) is 4.79 Å². The van der Waals surface area contributed by atoms with Gasteiger partial charge in [-0.15, -0.1) is 0 Å². The first-order valence-electron chi connectivity index (χ1n) is 9.54. The summed E-state index contributed by atoms with van der Waals surface area (Å²) in [6.07, 6.45) is 15.9. The van der Waals surface area contributed by atoms with E-state index in [9.17, 15) is 9.90 Å². The Labute approximate surface area is 145 Å². The molecule has 0 aliphatic carbocycles. The molecule has 4 heteroatoms. The van der Waals surface area contributed by atoms with Crippen molar-refractivity contribution in [2.75, 3.05) is 0 Å². The number of carboxylic acid groups (broad SMARTS) is 1. The summed E-state index contributed by atoms with van der Waals surface area (Å²) in [5.41, 5.74) is -0.956. The second kappa shape index (κ2) is 13.8. The molecule has 0 aromatic rings. The van der Waals surface area contributed by atoms with Gasteiger partial charge >= 0.3 is 5.97 Å². The molecule has 0 bridgehead atoms. The molecular formula is C19H38O3Si. The minimum Gasteiger partial charge on any atom is -0.479 e. The van der Waals surface area contributed by atoms with Gasteiger partial charge in [-0.1, -0.05) is 64.5 Å². The molecule has 0 heterocycles. The maximum absolute atomic E-state index is 11.8. The molecule has 0 saturated heterocycles. The Kier molecular flexibility index (Phi) is 13.4. The predicted octanol–water partition coefficient (Wildman–Crippen LogP) is 5.70. The molecule has 0 aliphatic heterocycles. The Morgan fingerprint density at radius 1 is 0.957 bits per heavy atom. The SMILES string of the molecule is CCCCCCCC=CCCC(CCCC)(O[SiH](C)C)C(=O)O. The molecule has 0 aromatic carbocycles. The van der Waals surface area contributed by atoms with E-state index in [4.69, 9.17) is 4.43 Å². The van der Waals surface area contributed by atoms with Gasteiger partial charge < -0.3 is 9.53 Å². The summed E-state index contributed by atoms with van der Waals surface area (Å²) in [5.74, 6) is -0.778. The molecule has 0 radical (unpaired) electrons. The molecule has 0 aliphatic rings. The van der Waals surface area contributed by atoms with Gasteiger partial charge in [-0.05, 0) is 45.2 Å². The van der Waals surface area contributed by atoms with Crippen molar-refractivity contribution in [1.29, 1.82) is 0 Å². The number of hydrogen-bond donors (Lipinski definition) is 1. The van der Waals surface area contributed by atoms with Crippen LogP contribution in [0.2, 0.25) is 13.1 Å². The second-order valence-corrected chi connectivity index (χ2v) is 9.12. The Bertz CT molecular complexity index is 329. The number of hydrogen-bond acceptors (Lipinski definition) is 2. The zero-order chi connectivity index (χ0) is 17.6. The summed E-state index contributed by atoms with van der Waals surface area (Å²) in [4.78, 5) is 11.8. The molecule has 0 amide bonds. The summed E-state index contributed by atoms with van der Waals surface area (Å²) >= 11 is 0. The number of rotatable bonds is 15. The maximum Gasteiger partial charge on any atom is 0.334 e. The maximum atomic E-state index is 11.8. The molecule has 0 saturated carbocycles. The summed E-state index contributed by atoms with van der Waals surface area (Å²) < 4.78 is 5.98. The number of unbranched alkanes of at least 4 members (excludes halogenated alkanes) is 6. The van der Waals surface area contributed by atoms with Crippen molar-refractivity contribution >= 4 is 15.0 Å². The van der Waals surface area contributed by atoms with Gasteiger partial charge in [0.1, 0.15) is 0 Å². The highest BCUT2D eigenvalue weighted by Gasteiger charge is 2.38. The van der Waals surface area contributed by atoms with E-state index in [2.05, 4.69) is 39.1 Å². The van der Waals surface area contributed by atoms with Gasteiger partial charge in [-0.3, -0.25) is 0 Å². The highest BCUT2D eigenvalue weighted by Crippen LogP contribution is 2.27. The normalized spacial score (nSPS) is 14.5. The van der Waals surface area contributed by atoms with Crippen LogP contribution in [0.15, 0.2) is 12.2 Å². The Balaban J connectivity index is 4.29. The van der Waals surface area contributed by atoms with Crippen LogP contribution in [0.4, 0.5) is 0 Å². The van der Waals surface area contributed by atoms with Crippen LogP contribution in [0, 0.1) is 0 Å². The van der Waals surface area contributed by atoms with E-state index in [0.29, 0.717) is 12.8 Å². The fourth-order valence-corrected chi connectivity index (χ4v) is 4.08. The number of allylic oxidation sites excluding steroid dienone is 2. The van der Waals surface area contributed by atoms with Crippen LogP contribution in [0.1, 0.15) is 84.5 Å². The zero-order valence-electron chi connectivity index (χ0n) is 15.8. The first kappa shape index (κ1) is 22.4. The fourth-order valence-electron chi connectivity index (χ4n) is 2.84. The van der Waals surface area contributed by atoms with E-state index < -0.39 is 20.6 Å². The van der Waals surface area contributed by atoms with Gasteiger partial charge in [0.2, 0.25) is 0 Å². The average Bonchev–Trinajstić information content (AvgIpc) is 2.50. The van der Waals surface area contributed by atoms with E-state index in [1.165, 1.54) is 32.1 Å². The van der Waals surface area contributed by atoms with Gasteiger partial charge in [-0.2, -0.15) is 0 Å². The van der Waals surface area contributed by atoms with Gasteiger partial charge in [0.05, 0.1) is 0 Å². The van der Waals surface area contributed by atoms with Crippen LogP contribution in [-0.2, 0) is 9.22 Å². The highest BCUT2D eigenvalue weighted by molar-refractivity contribution is 6.48. The van der Waals surface area contributed by atoms with Crippen LogP contribution < -0.4 is 0 Å². The Hall–Kier alpha value is -0.613. The quantitative estimate of drug-likeness (QED) is 0.236. The molecule has 1 N–H and O–H groups in total. The molecule has 1 unspecified atom stereocenters. The molecule has 23 heavy (non-hydrogen) atoms. The Morgan fingerprint density at radius 3 is 2.13 bits per heavy atom. The van der Waals surface area contributed by atoms with Crippen LogP contribution in [-0.4, -0.2) is 25.7 Å². The highest BCUT2D eigenvalue weighted by atomic mass is 28.3. The Morgan fingerprint density at radius 2 is 1.57 bits per heavy atom. The predicted molar refractivity (Wildman–Crippen MR) is 102 cm³/mol. The number of carboxylic acids is 1. The lowest BCUT2D eigenvalue weighted by Gasteiger charge is -2.31. The fraction of sp³-hybridized carbons (Fsp3) is 0.842. The molecule has 0 aromatic heterocycles. The van der Waals surface area contributed by atoms with E-state index in [0.717, 1.165) is 25.7 Å². The van der Waals surface area contributed by atoms with Crippen molar-refractivity contribution in [3.8, 4) is 0 Å². The second-order valence-electron chi connectivity index (χ2n) is 6.78. The van der Waals surface area contributed by atoms with Crippen molar-refractivity contribution in [1.82, 2.24) is 0 Å². The third kappa shape index (κ3) is 10.7. The number of carbonyl (C=O) groups is 1. The lowest BCUT2D eigenvalue weighted by Crippen LogP contribution is -2.44. The van der Waals surface area contributed by atoms with Crippen molar-refractivity contribution < 1.29 is 14.3 Å². The molecule has 0 fully saturated rings. The molecule has 1 atom stereocenters. The van der Waals surface area contributed by atoms with E-state index in [1.54, 1.807) is 0 Å². The molecule has 0 spiro atoms. The van der Waals surface area contributed by atoms with Crippen molar-refractivity contribution in [2.24, 2.45) is 0 Å². The summed E-state index contributed by atoms with van der Waals surface area (Å²) in [6.45, 7) is 8.43. The minimum absolute atomic E-state index is 0.597. The standard InChI is InChI=1S/C19H38O3Si/c1-5-7-9-10-11-12-13-14-15-17-19(18(20)21,16-8-6-2)22-23(3)4/h13-14,23H,5-12,15-17H2,1-4H3,(H,20,21). The molecule has 0 rings (SSSR count). The minimum atomic E-state index is -1.38. The third-order valence-corrected chi connectivity index (χ3v) is 5.06. The summed E-state index contributed by atoms with van der Waals surface area (Å²) in [5, 5.41) is 9.70. The van der Waals surface area contributed by atoms with Crippen molar-refractivity contribution in [3.05, 3.63) is 12.2 Å². The number of aliphatic carboxylic acids is 1. The van der Waals surface area contributed by atoms with Crippen LogP contribution in [0.3, 0.4) is 0 Å². The molecule has 136 valence electrons. The zero-order valence-corrected chi connectivity index (χ0v) is 16.9. The van der Waals surface area contributed by atoms with Gasteiger partial charge in [0.15, 0.2) is 14.6 Å². The van der Waals surface area contributed by atoms with E-state index >= 15 is 0 Å². The molecule has 3 nitrogen and oxygen atoms in total. The smallest absolute Gasteiger partial charge is 0.334 e. The van der Waals surface area contributed by atoms with Crippen molar-refractivity contribution in [3.63, 3.8) is 0 Å². The first-order valence-corrected chi connectivity index (χ1v) is 12.3. The lowest BCUT2D eigenvalue weighted by molar-refractivity contribution is -0.157. The monoisotopic (exact) mass is 342 g/mol. The summed E-state index contributed by atoms with van der Waals surface area (Å²) in [7, 11) is -1.38. The topological polar surface area (TPSA) is 46.5 Å². The van der Waals surface area contributed by atoms with Crippen molar-refractivity contribution in [2.45, 2.75) is 103 Å². The largest absolute Gasteiger partial charge is 0.479 e. The van der Waals surface area contributed by atoms with Crippen LogP contribution >= 0.6 is 0 Å². The van der Waals surface area contributed by atoms with E-state index in [1.807, 2.05) is 0 Å². The summed E-state index contributed by atoms with van der Waals surface area (Å²) in [6, 6.07) is 0. The van der Waals surface area contributed by atoms with Crippen LogP contribution in [0.25, 0.3) is 0 Å². The molecular weight excluding hydrogens is 304 g/mol. The van der Waals surface area contributed by atoms with E-state index in [-0.39, 0.29) is 0 Å². The van der Waals surface area contributed by atoms with Gasteiger partial charge in [0, 0.05) is 0 Å². The lowest BCUT2D eigenvalue weighted by atomic mass is 9.91.